The second-order valence-corrected chi connectivity index (χ2v) is 6.86. The lowest BCUT2D eigenvalue weighted by Gasteiger charge is -2.24. The molecule has 6 heteroatoms. The van der Waals surface area contributed by atoms with Crippen LogP contribution in [0.2, 0.25) is 5.02 Å². The number of aromatic nitrogens is 2. The van der Waals surface area contributed by atoms with E-state index in [1.807, 2.05) is 24.3 Å². The van der Waals surface area contributed by atoms with Gasteiger partial charge in [-0.25, -0.2) is 0 Å². The van der Waals surface area contributed by atoms with E-state index in [2.05, 4.69) is 22.1 Å². The SMILES string of the molecule is CN(CCC1CCOCC1)Cc1nc(Cc2ccccc2Cl)no1. The highest BCUT2D eigenvalue weighted by Gasteiger charge is 2.15. The third-order valence-electron chi connectivity index (χ3n) is 4.48. The van der Waals surface area contributed by atoms with E-state index >= 15 is 0 Å². The van der Waals surface area contributed by atoms with Crippen molar-refractivity contribution in [2.75, 3.05) is 26.8 Å². The summed E-state index contributed by atoms with van der Waals surface area (Å²) < 4.78 is 10.8. The predicted molar refractivity (Wildman–Crippen MR) is 93.1 cm³/mol. The van der Waals surface area contributed by atoms with E-state index < -0.39 is 0 Å². The molecule has 0 amide bonds. The van der Waals surface area contributed by atoms with Crippen molar-refractivity contribution in [1.82, 2.24) is 15.0 Å². The molecule has 3 rings (SSSR count). The molecule has 1 fully saturated rings. The Bertz CT molecular complexity index is 641. The highest BCUT2D eigenvalue weighted by atomic mass is 35.5. The average Bonchev–Trinajstić information content (AvgIpc) is 3.03. The van der Waals surface area contributed by atoms with Crippen molar-refractivity contribution in [2.24, 2.45) is 5.92 Å². The largest absolute Gasteiger partial charge is 0.381 e. The van der Waals surface area contributed by atoms with Crippen LogP contribution in [0.25, 0.3) is 0 Å². The van der Waals surface area contributed by atoms with Crippen LogP contribution < -0.4 is 0 Å². The zero-order chi connectivity index (χ0) is 16.8. The molecule has 1 aromatic carbocycles. The summed E-state index contributed by atoms with van der Waals surface area (Å²) in [5, 5.41) is 4.80. The molecule has 1 saturated heterocycles. The first-order valence-corrected chi connectivity index (χ1v) is 8.89. The predicted octanol–water partition coefficient (Wildman–Crippen LogP) is 3.56. The average molecular weight is 350 g/mol. The van der Waals surface area contributed by atoms with Gasteiger partial charge in [-0.1, -0.05) is 35.0 Å². The maximum atomic E-state index is 6.18. The van der Waals surface area contributed by atoms with Crippen molar-refractivity contribution in [3.05, 3.63) is 46.6 Å². The summed E-state index contributed by atoms with van der Waals surface area (Å²) in [6, 6.07) is 7.74. The summed E-state index contributed by atoms with van der Waals surface area (Å²) in [6.07, 6.45) is 4.14. The van der Waals surface area contributed by atoms with Gasteiger partial charge in [0.25, 0.3) is 0 Å². The molecule has 0 radical (unpaired) electrons. The Kier molecular flexibility index (Phi) is 6.24. The van der Waals surface area contributed by atoms with Gasteiger partial charge in [0.2, 0.25) is 5.89 Å². The standard InChI is InChI=1S/C18H24ClN3O2/c1-22(9-6-14-7-10-23-11-8-14)13-18-20-17(21-24-18)12-15-4-2-3-5-16(15)19/h2-5,14H,6-13H2,1H3. The van der Waals surface area contributed by atoms with Gasteiger partial charge in [-0.3, -0.25) is 4.90 Å². The van der Waals surface area contributed by atoms with Crippen LogP contribution in [-0.2, 0) is 17.7 Å². The molecule has 0 atom stereocenters. The van der Waals surface area contributed by atoms with Crippen molar-refractivity contribution in [1.29, 1.82) is 0 Å². The molecule has 2 heterocycles. The number of hydrogen-bond donors (Lipinski definition) is 0. The summed E-state index contributed by atoms with van der Waals surface area (Å²) in [7, 11) is 2.09. The van der Waals surface area contributed by atoms with Crippen LogP contribution in [0.1, 0.15) is 36.5 Å². The Hall–Kier alpha value is -1.43. The van der Waals surface area contributed by atoms with Gasteiger partial charge in [0.05, 0.1) is 6.54 Å². The highest BCUT2D eigenvalue weighted by molar-refractivity contribution is 6.31. The van der Waals surface area contributed by atoms with Gasteiger partial charge in [0.1, 0.15) is 0 Å². The first-order valence-electron chi connectivity index (χ1n) is 8.52. The second-order valence-electron chi connectivity index (χ2n) is 6.45. The Morgan fingerprint density at radius 1 is 1.25 bits per heavy atom. The van der Waals surface area contributed by atoms with Gasteiger partial charge in [0, 0.05) is 24.7 Å². The molecule has 0 spiro atoms. The van der Waals surface area contributed by atoms with E-state index in [9.17, 15) is 0 Å². The minimum atomic E-state index is 0.592. The minimum Gasteiger partial charge on any atom is -0.381 e. The molecule has 2 aromatic rings. The number of hydrogen-bond acceptors (Lipinski definition) is 5. The highest BCUT2D eigenvalue weighted by Crippen LogP contribution is 2.19. The van der Waals surface area contributed by atoms with Crippen LogP contribution >= 0.6 is 11.6 Å². The Labute approximate surface area is 147 Å². The summed E-state index contributed by atoms with van der Waals surface area (Å²) in [4.78, 5) is 6.72. The first-order chi connectivity index (χ1) is 11.7. The molecule has 24 heavy (non-hydrogen) atoms. The van der Waals surface area contributed by atoms with Crippen LogP contribution in [0.3, 0.4) is 0 Å². The Balaban J connectivity index is 1.47. The van der Waals surface area contributed by atoms with Gasteiger partial charge in [-0.05, 0) is 50.4 Å². The molecule has 0 aliphatic carbocycles. The smallest absolute Gasteiger partial charge is 0.240 e. The summed E-state index contributed by atoms with van der Waals surface area (Å²) in [6.45, 7) is 3.53. The van der Waals surface area contributed by atoms with Gasteiger partial charge in [-0.15, -0.1) is 0 Å². The number of rotatable bonds is 7. The van der Waals surface area contributed by atoms with Crippen molar-refractivity contribution >= 4 is 11.6 Å². The molecule has 1 aromatic heterocycles. The Morgan fingerprint density at radius 3 is 2.83 bits per heavy atom. The summed E-state index contributed by atoms with van der Waals surface area (Å²) in [5.74, 6) is 2.11. The fraction of sp³-hybridized carbons (Fsp3) is 0.556. The third kappa shape index (κ3) is 5.03. The number of benzene rings is 1. The molecule has 130 valence electrons. The third-order valence-corrected chi connectivity index (χ3v) is 4.85. The van der Waals surface area contributed by atoms with E-state index in [0.29, 0.717) is 24.7 Å². The van der Waals surface area contributed by atoms with Crippen molar-refractivity contribution in [3.8, 4) is 0 Å². The first kappa shape index (κ1) is 17.4. The zero-order valence-corrected chi connectivity index (χ0v) is 14.8. The topological polar surface area (TPSA) is 51.4 Å². The maximum Gasteiger partial charge on any atom is 0.240 e. The molecule has 1 aliphatic heterocycles. The lowest BCUT2D eigenvalue weighted by atomic mass is 9.96. The van der Waals surface area contributed by atoms with E-state index in [1.165, 1.54) is 19.3 Å². The number of halogens is 1. The van der Waals surface area contributed by atoms with Crippen molar-refractivity contribution in [2.45, 2.75) is 32.2 Å². The minimum absolute atomic E-state index is 0.592. The zero-order valence-electron chi connectivity index (χ0n) is 14.1. The summed E-state index contributed by atoms with van der Waals surface area (Å²) >= 11 is 6.18. The number of nitrogens with zero attached hydrogens (tertiary/aromatic N) is 3. The van der Waals surface area contributed by atoms with Gasteiger partial charge in [-0.2, -0.15) is 4.98 Å². The molecule has 0 bridgehead atoms. The quantitative estimate of drug-likeness (QED) is 0.765. The Morgan fingerprint density at radius 2 is 2.04 bits per heavy atom. The fourth-order valence-electron chi connectivity index (χ4n) is 2.99. The molecule has 5 nitrogen and oxygen atoms in total. The summed E-state index contributed by atoms with van der Waals surface area (Å²) in [5.41, 5.74) is 1.01. The molecular weight excluding hydrogens is 326 g/mol. The van der Waals surface area contributed by atoms with Gasteiger partial charge < -0.3 is 9.26 Å². The molecule has 0 N–H and O–H groups in total. The van der Waals surface area contributed by atoms with Crippen LogP contribution in [0, 0.1) is 5.92 Å². The van der Waals surface area contributed by atoms with E-state index in [1.54, 1.807) is 0 Å². The van der Waals surface area contributed by atoms with Crippen LogP contribution in [0.5, 0.6) is 0 Å². The molecular formula is C18H24ClN3O2. The maximum absolute atomic E-state index is 6.18. The normalized spacial score (nSPS) is 16.0. The molecule has 1 aliphatic rings. The van der Waals surface area contributed by atoms with Crippen molar-refractivity contribution < 1.29 is 9.26 Å². The number of ether oxygens (including phenoxy) is 1. The van der Waals surface area contributed by atoms with Gasteiger partial charge in [0.15, 0.2) is 5.82 Å². The van der Waals surface area contributed by atoms with Crippen LogP contribution in [0.4, 0.5) is 0 Å². The lowest BCUT2D eigenvalue weighted by Crippen LogP contribution is -2.24. The van der Waals surface area contributed by atoms with Crippen molar-refractivity contribution in [3.63, 3.8) is 0 Å². The second kappa shape index (κ2) is 8.60. The molecule has 0 unspecified atom stereocenters. The van der Waals surface area contributed by atoms with E-state index in [0.717, 1.165) is 36.3 Å². The van der Waals surface area contributed by atoms with Gasteiger partial charge >= 0.3 is 0 Å². The fourth-order valence-corrected chi connectivity index (χ4v) is 3.19. The lowest BCUT2D eigenvalue weighted by molar-refractivity contribution is 0.0604. The van der Waals surface area contributed by atoms with Crippen LogP contribution in [0.15, 0.2) is 28.8 Å². The monoisotopic (exact) mass is 349 g/mol. The van der Waals surface area contributed by atoms with E-state index in [-0.39, 0.29) is 0 Å². The molecule has 0 saturated carbocycles. The van der Waals surface area contributed by atoms with E-state index in [4.69, 9.17) is 20.9 Å². The van der Waals surface area contributed by atoms with Crippen LogP contribution in [-0.4, -0.2) is 41.8 Å².